The Morgan fingerprint density at radius 3 is 2.03 bits per heavy atom. The van der Waals surface area contributed by atoms with Gasteiger partial charge in [0.25, 0.3) is 11.8 Å². The van der Waals surface area contributed by atoms with E-state index in [9.17, 15) is 38.2 Å². The molecule has 17 nitrogen and oxygen atoms in total. The monoisotopic (exact) mass is 984 g/mol. The Labute approximate surface area is 411 Å². The molecule has 9 atom stereocenters. The number of aliphatic imine (C=N–C) groups is 1. The number of piperazine rings is 1. The van der Waals surface area contributed by atoms with Gasteiger partial charge in [-0.3, -0.25) is 38.2 Å². The molecule has 3 aliphatic heterocycles. The fourth-order valence-electron chi connectivity index (χ4n) is 10.0. The lowest BCUT2D eigenvalue weighted by atomic mass is 9.88. The number of benzene rings is 1. The highest BCUT2D eigenvalue weighted by atomic mass is 31.2. The van der Waals surface area contributed by atoms with Gasteiger partial charge in [-0.05, 0) is 49.5 Å². The summed E-state index contributed by atoms with van der Waals surface area (Å²) in [6.45, 7) is 14.1. The molecule has 0 radical (unpaired) electrons. The molecule has 5 amide bonds. The molecule has 3 heterocycles. The van der Waals surface area contributed by atoms with Gasteiger partial charge < -0.3 is 38.9 Å². The number of amides is 5. The van der Waals surface area contributed by atoms with Gasteiger partial charge in [0.05, 0.1) is 30.7 Å². The maximum atomic E-state index is 14.8. The number of guanidine groups is 1. The highest BCUT2D eigenvalue weighted by Crippen LogP contribution is 2.46. The van der Waals surface area contributed by atoms with Gasteiger partial charge >= 0.3 is 0 Å². The predicted molar refractivity (Wildman–Crippen MR) is 268 cm³/mol. The standard InChI is InChI=1S/C51H82N7O10P/c1-12-36(4)48(42(67-9)34-46(63)57-27-19-22-40(57)49(68-10)37(5)41(59)33-39(69(11,65)66)32-38-20-15-13-16-21-38)54(8)50(64)47(35(2)3)52-51(53(6)7)56-30-28-55(29-31-56)43(60)23-17-14-18-26-58-44(61)24-25-45(58)62/h13,15-16,20-21,24-25,35-37,39-40,42,47-49H,12,14,17-19,22-23,26-34H2,1-11H3,(H,65,66)/t36-,37-,39+,40-,42+,47-,48-,49+/m0/s1. The third-order valence-corrected chi connectivity index (χ3v) is 16.1. The quantitative estimate of drug-likeness (QED) is 0.0457. The van der Waals surface area contributed by atoms with Crippen LogP contribution in [0.4, 0.5) is 0 Å². The minimum atomic E-state index is -3.63. The molecule has 3 aliphatic rings. The van der Waals surface area contributed by atoms with Crippen LogP contribution in [0.5, 0.6) is 0 Å². The first-order chi connectivity index (χ1) is 32.6. The second-order valence-electron chi connectivity index (χ2n) is 19.9. The van der Waals surface area contributed by atoms with Crippen molar-refractivity contribution in [1.29, 1.82) is 0 Å². The van der Waals surface area contributed by atoms with Crippen molar-refractivity contribution in [3.05, 3.63) is 48.0 Å². The van der Waals surface area contributed by atoms with Gasteiger partial charge in [-0.1, -0.05) is 77.8 Å². The number of methoxy groups -OCH3 is 2. The molecule has 2 saturated heterocycles. The minimum absolute atomic E-state index is 0.000954. The number of ketones is 1. The number of hydrogen-bond acceptors (Lipinski definition) is 10. The smallest absolute Gasteiger partial charge is 0.253 e. The Hall–Kier alpha value is -4.44. The number of hydrogen-bond donors (Lipinski definition) is 1. The molecule has 0 bridgehead atoms. The number of nitrogens with zero attached hydrogens (tertiary/aromatic N) is 7. The molecule has 0 aliphatic carbocycles. The second-order valence-corrected chi connectivity index (χ2v) is 22.5. The summed E-state index contributed by atoms with van der Waals surface area (Å²) < 4.78 is 25.1. The topological polar surface area (TPSA) is 190 Å². The van der Waals surface area contributed by atoms with Gasteiger partial charge in [-0.15, -0.1) is 0 Å². The summed E-state index contributed by atoms with van der Waals surface area (Å²) in [5.41, 5.74) is 0.130. The molecular formula is C51H82N7O10P. The molecule has 1 N–H and O–H groups in total. The van der Waals surface area contributed by atoms with Crippen LogP contribution in [0.25, 0.3) is 0 Å². The normalized spacial score (nSPS) is 20.7. The number of Topliss-reactive ketones (excluding diaryl/α,β-unsaturated/α-hetero) is 1. The highest BCUT2D eigenvalue weighted by molar-refractivity contribution is 7.58. The Bertz CT molecular complexity index is 1980. The Morgan fingerprint density at radius 1 is 0.855 bits per heavy atom. The lowest BCUT2D eigenvalue weighted by molar-refractivity contribution is -0.146. The zero-order chi connectivity index (χ0) is 51.2. The average molecular weight is 984 g/mol. The van der Waals surface area contributed by atoms with Crippen molar-refractivity contribution >= 4 is 48.6 Å². The van der Waals surface area contributed by atoms with Crippen LogP contribution in [0.2, 0.25) is 0 Å². The van der Waals surface area contributed by atoms with Gasteiger partial charge in [0.15, 0.2) is 5.96 Å². The van der Waals surface area contributed by atoms with Gasteiger partial charge in [0, 0.05) is 118 Å². The number of likely N-dealkylation sites (tertiary alicyclic amines) is 1. The number of imide groups is 1. The van der Waals surface area contributed by atoms with Crippen LogP contribution in [0.3, 0.4) is 0 Å². The van der Waals surface area contributed by atoms with Gasteiger partial charge in [-0.25, -0.2) is 4.99 Å². The van der Waals surface area contributed by atoms with Crippen LogP contribution in [0, 0.1) is 17.8 Å². The summed E-state index contributed by atoms with van der Waals surface area (Å²) in [6.07, 6.45) is 5.98. The van der Waals surface area contributed by atoms with Crippen LogP contribution >= 0.6 is 7.37 Å². The van der Waals surface area contributed by atoms with E-state index in [2.05, 4.69) is 11.8 Å². The first-order valence-corrected chi connectivity index (χ1v) is 27.1. The second kappa shape index (κ2) is 26.7. The molecule has 1 aromatic carbocycles. The Morgan fingerprint density at radius 2 is 1.48 bits per heavy atom. The van der Waals surface area contributed by atoms with E-state index in [1.165, 1.54) is 23.7 Å². The highest BCUT2D eigenvalue weighted by Gasteiger charge is 2.44. The van der Waals surface area contributed by atoms with Crippen molar-refractivity contribution in [3.8, 4) is 0 Å². The van der Waals surface area contributed by atoms with E-state index >= 15 is 0 Å². The predicted octanol–water partition coefficient (Wildman–Crippen LogP) is 4.95. The maximum absolute atomic E-state index is 14.8. The summed E-state index contributed by atoms with van der Waals surface area (Å²) in [6, 6.07) is 7.77. The zero-order valence-electron chi connectivity index (χ0n) is 43.3. The van der Waals surface area contributed by atoms with Crippen molar-refractivity contribution in [1.82, 2.24) is 29.4 Å². The van der Waals surface area contributed by atoms with Crippen molar-refractivity contribution in [3.63, 3.8) is 0 Å². The average Bonchev–Trinajstić information content (AvgIpc) is 3.93. The summed E-state index contributed by atoms with van der Waals surface area (Å²) in [5, 5.41) is 0. The molecule has 18 heteroatoms. The van der Waals surface area contributed by atoms with Crippen molar-refractivity contribution in [2.24, 2.45) is 22.7 Å². The molecule has 0 saturated carbocycles. The van der Waals surface area contributed by atoms with Crippen LogP contribution in [0.15, 0.2) is 47.5 Å². The fourth-order valence-corrected chi connectivity index (χ4v) is 11.1. The maximum Gasteiger partial charge on any atom is 0.253 e. The summed E-state index contributed by atoms with van der Waals surface area (Å²) >= 11 is 0. The zero-order valence-corrected chi connectivity index (χ0v) is 44.1. The first-order valence-electron chi connectivity index (χ1n) is 24.9. The van der Waals surface area contributed by atoms with Gasteiger partial charge in [0.1, 0.15) is 11.8 Å². The SMILES string of the molecule is CC[C@H](C)[C@@H]([C@@H](CC(=O)N1CCC[C@H]1[C@H](OC)[C@@H](C)C(=O)C[C@@H](Cc1ccccc1)P(C)(=O)O)OC)N(C)C(=O)[C@@H](N=C(N(C)C)N1CCN(C(=O)CCCCCN2C(=O)C=CC2=O)CC1)C(C)C. The van der Waals surface area contributed by atoms with E-state index in [0.717, 1.165) is 24.8 Å². The van der Waals surface area contributed by atoms with Crippen molar-refractivity contribution < 1.29 is 47.7 Å². The van der Waals surface area contributed by atoms with Crippen LogP contribution in [-0.2, 0) is 49.2 Å². The lowest BCUT2D eigenvalue weighted by Gasteiger charge is -2.41. The van der Waals surface area contributed by atoms with Crippen LogP contribution in [-0.4, -0.2) is 193 Å². The molecular weight excluding hydrogens is 902 g/mol. The first kappa shape index (κ1) is 57.1. The third-order valence-electron chi connectivity index (χ3n) is 14.4. The molecule has 1 aromatic rings. The summed E-state index contributed by atoms with van der Waals surface area (Å²) in [4.78, 5) is 106. The summed E-state index contributed by atoms with van der Waals surface area (Å²) in [7, 11) is 5.03. The molecule has 69 heavy (non-hydrogen) atoms. The fraction of sp³-hybridized carbons (Fsp3) is 0.706. The largest absolute Gasteiger partial charge is 0.379 e. The molecule has 386 valence electrons. The Balaban J connectivity index is 1.42. The molecule has 2 fully saturated rings. The van der Waals surface area contributed by atoms with Crippen molar-refractivity contribution in [2.75, 3.05) is 81.3 Å². The minimum Gasteiger partial charge on any atom is -0.379 e. The van der Waals surface area contributed by atoms with E-state index in [0.29, 0.717) is 77.3 Å². The third kappa shape index (κ3) is 15.5. The number of ether oxygens (including phenoxy) is 2. The number of rotatable bonds is 25. The lowest BCUT2D eigenvalue weighted by Crippen LogP contribution is -2.56. The molecule has 0 aromatic heterocycles. The molecule has 1 unspecified atom stereocenters. The van der Waals surface area contributed by atoms with Crippen LogP contribution in [0.1, 0.15) is 98.0 Å². The van der Waals surface area contributed by atoms with Crippen LogP contribution < -0.4 is 0 Å². The van der Waals surface area contributed by atoms with Crippen molar-refractivity contribution in [2.45, 2.75) is 135 Å². The van der Waals surface area contributed by atoms with E-state index in [1.54, 1.807) is 38.0 Å². The van der Waals surface area contributed by atoms with E-state index in [4.69, 9.17) is 14.5 Å². The Kier molecular flexibility index (Phi) is 22.1. The van der Waals surface area contributed by atoms with E-state index in [-0.39, 0.29) is 60.0 Å². The molecule has 0 spiro atoms. The van der Waals surface area contributed by atoms with E-state index < -0.39 is 49.3 Å². The number of carbonyl (C=O) groups is 6. The molecule has 4 rings (SSSR count). The summed E-state index contributed by atoms with van der Waals surface area (Å²) in [5.74, 6) is -1.28. The number of carbonyl (C=O) groups excluding carboxylic acids is 6. The van der Waals surface area contributed by atoms with Gasteiger partial charge in [0.2, 0.25) is 25.1 Å². The van der Waals surface area contributed by atoms with E-state index in [1.807, 2.05) is 75.0 Å². The number of unbranched alkanes of at least 4 members (excludes halogenated alkanes) is 2. The number of likely N-dealkylation sites (N-methyl/N-ethyl adjacent to an activating group) is 1. The van der Waals surface area contributed by atoms with Gasteiger partial charge in [-0.2, -0.15) is 0 Å².